The molecule has 2 aromatic rings. The topological polar surface area (TPSA) is 44.3 Å². The Morgan fingerprint density at radius 1 is 0.958 bits per heavy atom. The van der Waals surface area contributed by atoms with Gasteiger partial charge in [0.25, 0.3) is 0 Å². The Morgan fingerprint density at radius 2 is 1.67 bits per heavy atom. The van der Waals surface area contributed by atoms with Crippen LogP contribution in [0.4, 0.5) is 17.5 Å². The van der Waals surface area contributed by atoms with Crippen molar-refractivity contribution >= 4 is 17.5 Å². The molecule has 128 valence electrons. The van der Waals surface area contributed by atoms with Crippen molar-refractivity contribution in [1.82, 2.24) is 9.97 Å². The van der Waals surface area contributed by atoms with Crippen molar-refractivity contribution in [3.05, 3.63) is 41.6 Å². The van der Waals surface area contributed by atoms with Gasteiger partial charge in [0.1, 0.15) is 5.82 Å². The van der Waals surface area contributed by atoms with Crippen LogP contribution in [0.25, 0.3) is 0 Å². The molecule has 1 N–H and O–H groups in total. The normalized spacial score (nSPS) is 15.0. The number of nitrogens with one attached hydrogen (secondary N) is 1. The van der Waals surface area contributed by atoms with E-state index in [0.29, 0.717) is 6.04 Å². The fourth-order valence-corrected chi connectivity index (χ4v) is 3.05. The molecular weight excluding hydrogens is 298 g/mol. The number of hydrogen-bond donors (Lipinski definition) is 1. The lowest BCUT2D eigenvalue weighted by atomic mass is 10.2. The Labute approximate surface area is 144 Å². The number of aromatic nitrogens is 2. The van der Waals surface area contributed by atoms with E-state index in [1.165, 1.54) is 11.3 Å². The highest BCUT2D eigenvalue weighted by atomic mass is 15.3. The molecule has 0 unspecified atom stereocenters. The quantitative estimate of drug-likeness (QED) is 0.935. The van der Waals surface area contributed by atoms with Crippen LogP contribution in [0.15, 0.2) is 30.3 Å². The summed E-state index contributed by atoms with van der Waals surface area (Å²) in [7, 11) is 0. The second-order valence-electron chi connectivity index (χ2n) is 6.81. The first-order valence-electron chi connectivity index (χ1n) is 8.70. The molecule has 5 heteroatoms. The van der Waals surface area contributed by atoms with Crippen molar-refractivity contribution in [1.29, 1.82) is 0 Å². The van der Waals surface area contributed by atoms with Crippen molar-refractivity contribution in [2.24, 2.45) is 0 Å². The van der Waals surface area contributed by atoms with Gasteiger partial charge in [-0.05, 0) is 45.4 Å². The van der Waals surface area contributed by atoms with Crippen molar-refractivity contribution in [3.8, 4) is 0 Å². The van der Waals surface area contributed by atoms with Gasteiger partial charge in [0.2, 0.25) is 5.95 Å². The molecule has 0 aliphatic carbocycles. The maximum absolute atomic E-state index is 4.69. The van der Waals surface area contributed by atoms with Crippen molar-refractivity contribution in [3.63, 3.8) is 0 Å². The molecule has 0 radical (unpaired) electrons. The van der Waals surface area contributed by atoms with Gasteiger partial charge in [0, 0.05) is 49.7 Å². The number of benzene rings is 1. The molecule has 0 bridgehead atoms. The minimum Gasteiger partial charge on any atom is -0.368 e. The van der Waals surface area contributed by atoms with Crippen LogP contribution in [-0.4, -0.2) is 42.2 Å². The monoisotopic (exact) mass is 325 g/mol. The summed E-state index contributed by atoms with van der Waals surface area (Å²) in [6.07, 6.45) is 0. The van der Waals surface area contributed by atoms with Crippen molar-refractivity contribution in [2.75, 3.05) is 41.3 Å². The van der Waals surface area contributed by atoms with Gasteiger partial charge in [-0.25, -0.2) is 4.98 Å². The average molecular weight is 325 g/mol. The third-order valence-electron chi connectivity index (χ3n) is 4.21. The molecule has 0 saturated carbocycles. The first-order valence-corrected chi connectivity index (χ1v) is 8.70. The lowest BCUT2D eigenvalue weighted by Crippen LogP contribution is -2.47. The largest absolute Gasteiger partial charge is 0.368 e. The minimum absolute atomic E-state index is 0.366. The standard InChI is InChI=1S/C19H27N5/c1-14(2)20-18-13-16(4)21-19(22-18)24-10-8-23(9-11-24)17-7-5-6-15(3)12-17/h5-7,12-14H,8-11H2,1-4H3,(H,20,21,22). The number of piperazine rings is 1. The molecule has 3 rings (SSSR count). The first kappa shape index (κ1) is 16.6. The van der Waals surface area contributed by atoms with Gasteiger partial charge in [-0.3, -0.25) is 0 Å². The lowest BCUT2D eigenvalue weighted by molar-refractivity contribution is 0.639. The van der Waals surface area contributed by atoms with Crippen molar-refractivity contribution < 1.29 is 0 Å². The van der Waals surface area contributed by atoms with Crippen LogP contribution < -0.4 is 15.1 Å². The van der Waals surface area contributed by atoms with Crippen LogP contribution in [0.3, 0.4) is 0 Å². The maximum atomic E-state index is 4.69. The summed E-state index contributed by atoms with van der Waals surface area (Å²) in [5.74, 6) is 1.75. The lowest BCUT2D eigenvalue weighted by Gasteiger charge is -2.36. The minimum atomic E-state index is 0.366. The zero-order valence-corrected chi connectivity index (χ0v) is 15.1. The Kier molecular flexibility index (Phi) is 4.88. The van der Waals surface area contributed by atoms with Gasteiger partial charge in [-0.2, -0.15) is 4.98 Å². The molecule has 1 aliphatic rings. The van der Waals surface area contributed by atoms with Crippen LogP contribution >= 0.6 is 0 Å². The summed E-state index contributed by atoms with van der Waals surface area (Å²) in [5.41, 5.74) is 3.62. The van der Waals surface area contributed by atoms with Crippen LogP contribution in [0.1, 0.15) is 25.1 Å². The van der Waals surface area contributed by atoms with Gasteiger partial charge >= 0.3 is 0 Å². The van der Waals surface area contributed by atoms with Crippen LogP contribution in [0, 0.1) is 13.8 Å². The van der Waals surface area contributed by atoms with Crippen LogP contribution in [-0.2, 0) is 0 Å². The Morgan fingerprint density at radius 3 is 2.33 bits per heavy atom. The molecule has 0 amide bonds. The molecule has 1 aliphatic heterocycles. The summed E-state index contributed by atoms with van der Waals surface area (Å²) in [6.45, 7) is 12.3. The average Bonchev–Trinajstić information content (AvgIpc) is 2.54. The number of nitrogens with zero attached hydrogens (tertiary/aromatic N) is 4. The van der Waals surface area contributed by atoms with E-state index in [1.54, 1.807) is 0 Å². The van der Waals surface area contributed by atoms with Gasteiger partial charge in [-0.15, -0.1) is 0 Å². The van der Waals surface area contributed by atoms with Crippen LogP contribution in [0.2, 0.25) is 0 Å². The molecule has 0 atom stereocenters. The highest BCUT2D eigenvalue weighted by molar-refractivity contribution is 5.51. The smallest absolute Gasteiger partial charge is 0.227 e. The van der Waals surface area contributed by atoms with E-state index < -0.39 is 0 Å². The third kappa shape index (κ3) is 3.96. The number of hydrogen-bond acceptors (Lipinski definition) is 5. The predicted octanol–water partition coefficient (Wildman–Crippen LogP) is 3.24. The van der Waals surface area contributed by atoms with E-state index in [2.05, 4.69) is 65.1 Å². The van der Waals surface area contributed by atoms with Gasteiger partial charge < -0.3 is 15.1 Å². The van der Waals surface area contributed by atoms with E-state index in [9.17, 15) is 0 Å². The zero-order chi connectivity index (χ0) is 17.1. The van der Waals surface area contributed by atoms with Gasteiger partial charge in [0.05, 0.1) is 0 Å². The zero-order valence-electron chi connectivity index (χ0n) is 15.1. The summed E-state index contributed by atoms with van der Waals surface area (Å²) in [6, 6.07) is 11.1. The highest BCUT2D eigenvalue weighted by Crippen LogP contribution is 2.20. The molecule has 1 saturated heterocycles. The second-order valence-corrected chi connectivity index (χ2v) is 6.81. The van der Waals surface area contributed by atoms with Crippen LogP contribution in [0.5, 0.6) is 0 Å². The number of anilines is 3. The molecular formula is C19H27N5. The first-order chi connectivity index (χ1) is 11.5. The highest BCUT2D eigenvalue weighted by Gasteiger charge is 2.20. The fourth-order valence-electron chi connectivity index (χ4n) is 3.05. The summed E-state index contributed by atoms with van der Waals surface area (Å²) in [5, 5.41) is 3.38. The van der Waals surface area contributed by atoms with Gasteiger partial charge in [-0.1, -0.05) is 12.1 Å². The second kappa shape index (κ2) is 7.07. The van der Waals surface area contributed by atoms with Gasteiger partial charge in [0.15, 0.2) is 0 Å². The summed E-state index contributed by atoms with van der Waals surface area (Å²) < 4.78 is 0. The van der Waals surface area contributed by atoms with E-state index in [4.69, 9.17) is 4.98 Å². The molecule has 2 heterocycles. The molecule has 0 spiro atoms. The van der Waals surface area contributed by atoms with E-state index in [0.717, 1.165) is 43.6 Å². The summed E-state index contributed by atoms with van der Waals surface area (Å²) in [4.78, 5) is 14.0. The molecule has 5 nitrogen and oxygen atoms in total. The Hall–Kier alpha value is -2.30. The molecule has 1 aromatic carbocycles. The van der Waals surface area contributed by atoms with E-state index >= 15 is 0 Å². The Balaban J connectivity index is 1.69. The van der Waals surface area contributed by atoms with E-state index in [1.807, 2.05) is 13.0 Å². The predicted molar refractivity (Wildman–Crippen MR) is 101 cm³/mol. The summed E-state index contributed by atoms with van der Waals surface area (Å²) >= 11 is 0. The fraction of sp³-hybridized carbons (Fsp3) is 0.474. The molecule has 24 heavy (non-hydrogen) atoms. The Bertz CT molecular complexity index is 690. The van der Waals surface area contributed by atoms with E-state index in [-0.39, 0.29) is 0 Å². The molecule has 1 aromatic heterocycles. The van der Waals surface area contributed by atoms with Crippen molar-refractivity contribution in [2.45, 2.75) is 33.7 Å². The maximum Gasteiger partial charge on any atom is 0.227 e. The third-order valence-corrected chi connectivity index (χ3v) is 4.21. The number of rotatable bonds is 4. The SMILES string of the molecule is Cc1cccc(N2CCN(c3nc(C)cc(NC(C)C)n3)CC2)c1. The molecule has 1 fully saturated rings. The number of aryl methyl sites for hydroxylation is 2.